The molecule has 12 rings (SSSR count). The molecule has 7 aromatic carbocycles. The van der Waals surface area contributed by atoms with E-state index in [0.29, 0.717) is 11.8 Å². The summed E-state index contributed by atoms with van der Waals surface area (Å²) in [6.45, 7) is 4.88. The van der Waals surface area contributed by atoms with Crippen molar-refractivity contribution in [2.45, 2.75) is 31.6 Å². The maximum absolute atomic E-state index is 2.54. The summed E-state index contributed by atoms with van der Waals surface area (Å²) in [5.41, 5.74) is 12.8. The van der Waals surface area contributed by atoms with Crippen LogP contribution in [-0.4, -0.2) is 0 Å². The Morgan fingerprint density at radius 2 is 1.12 bits per heavy atom. The molecule has 0 radical (unpaired) electrons. The molecule has 4 aliphatic carbocycles. The van der Waals surface area contributed by atoms with Crippen LogP contribution >= 0.6 is 11.3 Å². The van der Waals surface area contributed by atoms with Gasteiger partial charge in [0.1, 0.15) is 0 Å². The van der Waals surface area contributed by atoms with Gasteiger partial charge in [0.25, 0.3) is 0 Å². The fourth-order valence-electron chi connectivity index (χ4n) is 10.9. The predicted molar refractivity (Wildman–Crippen MR) is 242 cm³/mol. The van der Waals surface area contributed by atoms with Gasteiger partial charge < -0.3 is 0 Å². The topological polar surface area (TPSA) is 0 Å². The molecule has 8 aromatic rings. The number of allylic oxidation sites excluding steroid dienone is 12. The standard InChI is InChI=1S/C55H40S/c1-55(2)49-27-24-34(28-46(49)47-29-35-30-48-40-18-12-13-23-51(40)56-52(48)32-36(35)31-50(47)55)53-41-19-8-10-21-43(41)54(44-22-11-9-20-42(44)53)45-26-25-37(33-14-4-3-5-15-33)38-16-6-7-17-39(38)45/h3-27,29-32,38-39,46H,28H2,1-2H3. The molecule has 266 valence electrons. The zero-order valence-corrected chi connectivity index (χ0v) is 32.4. The van der Waals surface area contributed by atoms with Gasteiger partial charge in [-0.1, -0.05) is 171 Å². The Kier molecular flexibility index (Phi) is 6.90. The van der Waals surface area contributed by atoms with Crippen LogP contribution in [0, 0.1) is 11.8 Å². The number of hydrogen-bond acceptors (Lipinski definition) is 1. The van der Waals surface area contributed by atoms with Gasteiger partial charge in [0.2, 0.25) is 0 Å². The van der Waals surface area contributed by atoms with Gasteiger partial charge in [0.05, 0.1) is 0 Å². The Morgan fingerprint density at radius 1 is 0.518 bits per heavy atom. The van der Waals surface area contributed by atoms with Gasteiger partial charge >= 0.3 is 0 Å². The van der Waals surface area contributed by atoms with Crippen molar-refractivity contribution in [3.8, 4) is 0 Å². The zero-order valence-electron chi connectivity index (χ0n) is 31.6. The quantitative estimate of drug-likeness (QED) is 0.159. The van der Waals surface area contributed by atoms with E-state index < -0.39 is 0 Å². The molecular weight excluding hydrogens is 693 g/mol. The molecule has 1 heteroatoms. The van der Waals surface area contributed by atoms with E-state index in [0.717, 1.165) is 6.42 Å². The summed E-state index contributed by atoms with van der Waals surface area (Å²) >= 11 is 1.91. The number of benzene rings is 7. The minimum Gasteiger partial charge on any atom is -0.135 e. The molecule has 0 fully saturated rings. The lowest BCUT2D eigenvalue weighted by Crippen LogP contribution is -2.19. The van der Waals surface area contributed by atoms with Crippen LogP contribution in [0.5, 0.6) is 0 Å². The first kappa shape index (κ1) is 32.2. The third-order valence-electron chi connectivity index (χ3n) is 13.5. The molecule has 56 heavy (non-hydrogen) atoms. The van der Waals surface area contributed by atoms with Gasteiger partial charge in [0.15, 0.2) is 0 Å². The monoisotopic (exact) mass is 732 g/mol. The van der Waals surface area contributed by atoms with Crippen molar-refractivity contribution in [2.24, 2.45) is 11.8 Å². The van der Waals surface area contributed by atoms with Gasteiger partial charge in [-0.15, -0.1) is 11.3 Å². The number of thiophene rings is 1. The first-order valence-corrected chi connectivity index (χ1v) is 20.9. The lowest BCUT2D eigenvalue weighted by Gasteiger charge is -2.34. The molecule has 1 aromatic heterocycles. The molecule has 0 nitrogen and oxygen atoms in total. The first-order valence-electron chi connectivity index (χ1n) is 20.1. The zero-order chi connectivity index (χ0) is 37.1. The van der Waals surface area contributed by atoms with E-state index in [4.69, 9.17) is 0 Å². The third kappa shape index (κ3) is 4.58. The summed E-state index contributed by atoms with van der Waals surface area (Å²) in [7, 11) is 0. The minimum atomic E-state index is -0.0303. The second-order valence-corrected chi connectivity index (χ2v) is 17.8. The van der Waals surface area contributed by atoms with E-state index in [9.17, 15) is 0 Å². The van der Waals surface area contributed by atoms with Crippen LogP contribution in [0.3, 0.4) is 0 Å². The largest absolute Gasteiger partial charge is 0.135 e. The van der Waals surface area contributed by atoms with Crippen LogP contribution in [0.25, 0.3) is 69.2 Å². The molecule has 0 amide bonds. The Labute approximate surface area is 331 Å². The van der Waals surface area contributed by atoms with E-state index in [1.54, 1.807) is 5.57 Å². The van der Waals surface area contributed by atoms with Crippen LogP contribution in [0.1, 0.15) is 54.0 Å². The lowest BCUT2D eigenvalue weighted by molar-refractivity contribution is 0.615. The van der Waals surface area contributed by atoms with Crippen molar-refractivity contribution < 1.29 is 0 Å². The van der Waals surface area contributed by atoms with Gasteiger partial charge in [-0.05, 0) is 108 Å². The summed E-state index contributed by atoms with van der Waals surface area (Å²) in [6.07, 6.45) is 20.1. The molecule has 1 heterocycles. The highest BCUT2D eigenvalue weighted by atomic mass is 32.1. The second-order valence-electron chi connectivity index (χ2n) is 16.7. The number of rotatable bonds is 3. The Morgan fingerprint density at radius 3 is 1.86 bits per heavy atom. The van der Waals surface area contributed by atoms with Gasteiger partial charge in [-0.2, -0.15) is 0 Å². The molecule has 0 saturated heterocycles. The lowest BCUT2D eigenvalue weighted by atomic mass is 9.69. The van der Waals surface area contributed by atoms with Crippen molar-refractivity contribution in [3.63, 3.8) is 0 Å². The van der Waals surface area contributed by atoms with Gasteiger partial charge in [0, 0.05) is 43.3 Å². The molecule has 0 N–H and O–H groups in total. The highest BCUT2D eigenvalue weighted by Crippen LogP contribution is 2.57. The summed E-state index contributed by atoms with van der Waals surface area (Å²) in [5, 5.41) is 10.8. The number of fused-ring (bicyclic) bond motifs is 10. The highest BCUT2D eigenvalue weighted by Gasteiger charge is 2.43. The molecular formula is C55H40S. The SMILES string of the molecule is CC1(C)C2=CC=C(c3c4ccccc4c(C4=CC=C(c5ccccc5)C5C=CC=CC45)c4ccccc34)CC2c2cc3cc4c(cc3cc21)sc1ccccc14. The van der Waals surface area contributed by atoms with Crippen LogP contribution in [0.4, 0.5) is 0 Å². The molecule has 0 spiro atoms. The Bertz CT molecular complexity index is 3130. The summed E-state index contributed by atoms with van der Waals surface area (Å²) in [5.74, 6) is 0.900. The van der Waals surface area contributed by atoms with E-state index in [2.05, 4.69) is 190 Å². The van der Waals surface area contributed by atoms with Gasteiger partial charge in [-0.25, -0.2) is 0 Å². The van der Waals surface area contributed by atoms with E-state index in [1.165, 1.54) is 97.0 Å². The highest BCUT2D eigenvalue weighted by molar-refractivity contribution is 7.25. The summed E-state index contributed by atoms with van der Waals surface area (Å²) in [4.78, 5) is 0. The second kappa shape index (κ2) is 12.0. The van der Waals surface area contributed by atoms with Crippen LogP contribution in [0.2, 0.25) is 0 Å². The smallest absolute Gasteiger partial charge is 0.0361 e. The fourth-order valence-corrected chi connectivity index (χ4v) is 12.0. The molecule has 3 unspecified atom stereocenters. The van der Waals surface area contributed by atoms with Crippen molar-refractivity contribution in [3.05, 3.63) is 209 Å². The van der Waals surface area contributed by atoms with E-state index in [1.807, 2.05) is 11.3 Å². The van der Waals surface area contributed by atoms with Crippen molar-refractivity contribution >= 4 is 80.5 Å². The number of hydrogen-bond donors (Lipinski definition) is 0. The summed E-state index contributed by atoms with van der Waals surface area (Å²) < 4.78 is 2.74. The minimum absolute atomic E-state index is 0.0303. The first-order chi connectivity index (χ1) is 27.5. The molecule has 0 saturated carbocycles. The maximum Gasteiger partial charge on any atom is 0.0361 e. The Hall–Kier alpha value is -6.02. The Balaban J connectivity index is 1.02. The third-order valence-corrected chi connectivity index (χ3v) is 14.6. The van der Waals surface area contributed by atoms with Crippen molar-refractivity contribution in [1.29, 1.82) is 0 Å². The average molecular weight is 733 g/mol. The van der Waals surface area contributed by atoms with Gasteiger partial charge in [-0.3, -0.25) is 0 Å². The molecule has 4 aliphatic rings. The van der Waals surface area contributed by atoms with E-state index in [-0.39, 0.29) is 11.3 Å². The fraction of sp³-hybridized carbons (Fsp3) is 0.127. The average Bonchev–Trinajstić information content (AvgIpc) is 3.71. The van der Waals surface area contributed by atoms with E-state index >= 15 is 0 Å². The predicted octanol–water partition coefficient (Wildman–Crippen LogP) is 15.1. The van der Waals surface area contributed by atoms with Crippen LogP contribution in [-0.2, 0) is 5.41 Å². The van der Waals surface area contributed by atoms with Crippen molar-refractivity contribution in [1.82, 2.24) is 0 Å². The van der Waals surface area contributed by atoms with Crippen LogP contribution < -0.4 is 0 Å². The molecule has 0 aliphatic heterocycles. The maximum atomic E-state index is 2.54. The van der Waals surface area contributed by atoms with Crippen LogP contribution in [0.15, 0.2) is 182 Å². The normalized spacial score (nSPS) is 20.9. The molecule has 3 atom stereocenters. The summed E-state index contributed by atoms with van der Waals surface area (Å²) in [6, 6.07) is 48.2. The molecule has 0 bridgehead atoms. The van der Waals surface area contributed by atoms with Crippen molar-refractivity contribution in [2.75, 3.05) is 0 Å².